The third kappa shape index (κ3) is 3.28. The van der Waals surface area contributed by atoms with Crippen LogP contribution in [0.5, 0.6) is 11.8 Å². The zero-order valence-corrected chi connectivity index (χ0v) is 17.5. The van der Waals surface area contributed by atoms with Crippen molar-refractivity contribution in [2.75, 3.05) is 31.6 Å². The smallest absolute Gasteiger partial charge is 0.256 e. The van der Waals surface area contributed by atoms with Crippen molar-refractivity contribution < 1.29 is 19.7 Å². The number of aromatic hydroxyl groups is 2. The highest BCUT2D eigenvalue weighted by Crippen LogP contribution is 2.46. The molecule has 1 amide bonds. The van der Waals surface area contributed by atoms with Crippen LogP contribution in [-0.2, 0) is 29.0 Å². The molecular weight excluding hydrogens is 408 g/mol. The zero-order valence-electron chi connectivity index (χ0n) is 17.5. The molecule has 0 unspecified atom stereocenters. The molecule has 1 aliphatic carbocycles. The van der Waals surface area contributed by atoms with Gasteiger partial charge in [-0.1, -0.05) is 6.07 Å². The summed E-state index contributed by atoms with van der Waals surface area (Å²) in [6.45, 7) is 4.57. The van der Waals surface area contributed by atoms with Gasteiger partial charge in [-0.15, -0.1) is 0 Å². The lowest BCUT2D eigenvalue weighted by atomic mass is 10.0. The maximum Gasteiger partial charge on any atom is 0.256 e. The van der Waals surface area contributed by atoms with Gasteiger partial charge in [-0.3, -0.25) is 14.3 Å². The number of benzene rings is 1. The Morgan fingerprint density at radius 1 is 1.03 bits per heavy atom. The largest absolute Gasteiger partial charge is 0.494 e. The third-order valence-corrected chi connectivity index (χ3v) is 6.43. The Bertz CT molecular complexity index is 1240. The highest BCUT2D eigenvalue weighted by atomic mass is 16.5. The van der Waals surface area contributed by atoms with E-state index in [0.29, 0.717) is 18.5 Å². The summed E-state index contributed by atoms with van der Waals surface area (Å²) in [6.07, 6.45) is 4.52. The van der Waals surface area contributed by atoms with Crippen LogP contribution in [0.25, 0.3) is 11.6 Å². The second-order valence-electron chi connectivity index (χ2n) is 8.61. The second kappa shape index (κ2) is 7.29. The summed E-state index contributed by atoms with van der Waals surface area (Å²) in [6, 6.07) is 7.78. The normalized spacial score (nSPS) is 18.6. The van der Waals surface area contributed by atoms with Crippen LogP contribution in [0.2, 0.25) is 0 Å². The number of rotatable bonds is 5. The predicted octanol–water partition coefficient (Wildman–Crippen LogP) is 2.50. The van der Waals surface area contributed by atoms with Crippen LogP contribution in [0.15, 0.2) is 30.5 Å². The Kier molecular flexibility index (Phi) is 4.38. The van der Waals surface area contributed by atoms with Gasteiger partial charge in [0.15, 0.2) is 11.8 Å². The van der Waals surface area contributed by atoms with E-state index in [-0.39, 0.29) is 17.7 Å². The maximum absolute atomic E-state index is 12.6. The lowest BCUT2D eigenvalue weighted by Gasteiger charge is -2.25. The molecule has 164 valence electrons. The number of amides is 1. The predicted molar refractivity (Wildman–Crippen MR) is 120 cm³/mol. The van der Waals surface area contributed by atoms with E-state index in [1.54, 1.807) is 0 Å². The van der Waals surface area contributed by atoms with Crippen molar-refractivity contribution >= 4 is 23.2 Å². The maximum atomic E-state index is 12.6. The molecule has 8 nitrogen and oxygen atoms in total. The van der Waals surface area contributed by atoms with Gasteiger partial charge in [-0.05, 0) is 35.4 Å². The second-order valence-corrected chi connectivity index (χ2v) is 8.61. The summed E-state index contributed by atoms with van der Waals surface area (Å²) in [7, 11) is 0. The average Bonchev–Trinajstić information content (AvgIpc) is 3.31. The topological polar surface area (TPSA) is 103 Å². The van der Waals surface area contributed by atoms with Gasteiger partial charge >= 0.3 is 0 Å². The molecule has 6 rings (SSSR count). The van der Waals surface area contributed by atoms with Crippen molar-refractivity contribution in [3.63, 3.8) is 0 Å². The minimum atomic E-state index is -0.140. The van der Waals surface area contributed by atoms with Crippen molar-refractivity contribution in [1.82, 2.24) is 14.5 Å². The highest BCUT2D eigenvalue weighted by molar-refractivity contribution is 6.34. The molecule has 1 saturated heterocycles. The van der Waals surface area contributed by atoms with Gasteiger partial charge in [0.05, 0.1) is 25.3 Å². The number of fused-ring (bicyclic) bond motifs is 2. The number of H-pyrrole nitrogens is 1. The van der Waals surface area contributed by atoms with Crippen LogP contribution in [0.1, 0.15) is 33.5 Å². The molecule has 8 heteroatoms. The van der Waals surface area contributed by atoms with Gasteiger partial charge in [0, 0.05) is 60.3 Å². The number of aromatic nitrogens is 2. The van der Waals surface area contributed by atoms with Gasteiger partial charge in [-0.2, -0.15) is 0 Å². The zero-order chi connectivity index (χ0) is 21.8. The van der Waals surface area contributed by atoms with E-state index < -0.39 is 0 Å². The number of nitrogens with one attached hydrogen (secondary N) is 2. The fourth-order valence-corrected chi connectivity index (χ4v) is 4.60. The first-order valence-corrected chi connectivity index (χ1v) is 10.8. The minimum Gasteiger partial charge on any atom is -0.494 e. The molecule has 2 aromatic heterocycles. The number of carbonyl (C=O) groups is 1. The van der Waals surface area contributed by atoms with E-state index in [2.05, 4.69) is 21.3 Å². The van der Waals surface area contributed by atoms with Crippen LogP contribution in [-0.4, -0.2) is 56.9 Å². The molecule has 1 fully saturated rings. The van der Waals surface area contributed by atoms with Gasteiger partial charge in [-0.25, -0.2) is 0 Å². The lowest BCUT2D eigenvalue weighted by molar-refractivity contribution is -0.110. The molecule has 2 aliphatic heterocycles. The molecule has 4 heterocycles. The summed E-state index contributed by atoms with van der Waals surface area (Å²) >= 11 is 0. The van der Waals surface area contributed by atoms with E-state index in [1.165, 1.54) is 10.1 Å². The van der Waals surface area contributed by atoms with Crippen LogP contribution >= 0.6 is 0 Å². The molecule has 4 N–H and O–H groups in total. The fraction of sp³-hybridized carbons (Fsp3) is 0.292. The Morgan fingerprint density at radius 3 is 2.59 bits per heavy atom. The van der Waals surface area contributed by atoms with Crippen LogP contribution in [0.3, 0.4) is 0 Å². The first-order chi connectivity index (χ1) is 15.6. The van der Waals surface area contributed by atoms with Crippen molar-refractivity contribution in [3.05, 3.63) is 64.0 Å². The summed E-state index contributed by atoms with van der Waals surface area (Å²) in [5.74, 6) is 0.114. The Morgan fingerprint density at radius 2 is 1.81 bits per heavy atom. The highest BCUT2D eigenvalue weighted by Gasteiger charge is 2.33. The summed E-state index contributed by atoms with van der Waals surface area (Å²) < 4.78 is 6.91. The third-order valence-electron chi connectivity index (χ3n) is 6.43. The number of ether oxygens (including phenoxy) is 1. The van der Waals surface area contributed by atoms with E-state index in [0.717, 1.165) is 66.5 Å². The SMILES string of the molecule is O=C1Nc2ccc(Cn3c(O)c4c(c3O)C4)cc2C1=Cc1cc(CN2CCOCC2)c[nH]1. The van der Waals surface area contributed by atoms with Gasteiger partial charge in [0.2, 0.25) is 0 Å². The van der Waals surface area contributed by atoms with Crippen molar-refractivity contribution in [2.45, 2.75) is 19.5 Å². The number of hydrogen-bond acceptors (Lipinski definition) is 5. The molecule has 32 heavy (non-hydrogen) atoms. The first kappa shape index (κ1) is 19.2. The van der Waals surface area contributed by atoms with E-state index in [1.807, 2.05) is 30.5 Å². The van der Waals surface area contributed by atoms with Gasteiger partial charge < -0.3 is 25.3 Å². The summed E-state index contributed by atoms with van der Waals surface area (Å²) in [5, 5.41) is 23.4. The molecular formula is C24H24N4O4. The summed E-state index contributed by atoms with van der Waals surface area (Å²) in [4.78, 5) is 18.3. The number of nitrogens with zero attached hydrogens (tertiary/aromatic N) is 2. The van der Waals surface area contributed by atoms with Crippen LogP contribution in [0, 0.1) is 0 Å². The van der Waals surface area contributed by atoms with Gasteiger partial charge in [0.1, 0.15) is 0 Å². The number of morpholine rings is 1. The van der Waals surface area contributed by atoms with Crippen LogP contribution < -0.4 is 5.32 Å². The minimum absolute atomic E-state index is 0.127. The van der Waals surface area contributed by atoms with E-state index in [4.69, 9.17) is 4.74 Å². The Hall–Kier alpha value is -3.49. The molecule has 0 atom stereocenters. The average molecular weight is 432 g/mol. The molecule has 0 saturated carbocycles. The number of carbonyl (C=O) groups excluding carboxylic acids is 1. The quantitative estimate of drug-likeness (QED) is 0.363. The van der Waals surface area contributed by atoms with Crippen LogP contribution in [0.4, 0.5) is 5.69 Å². The molecule has 3 aromatic rings. The molecule has 1 aromatic carbocycles. The number of aromatic amines is 1. The first-order valence-electron chi connectivity index (χ1n) is 10.8. The number of hydrogen-bond donors (Lipinski definition) is 4. The van der Waals surface area contributed by atoms with Crippen molar-refractivity contribution in [3.8, 4) is 11.8 Å². The number of anilines is 1. The lowest BCUT2D eigenvalue weighted by Crippen LogP contribution is -2.35. The summed E-state index contributed by atoms with van der Waals surface area (Å²) in [5.41, 5.74) is 6.76. The molecule has 0 spiro atoms. The monoisotopic (exact) mass is 432 g/mol. The molecule has 0 bridgehead atoms. The van der Waals surface area contributed by atoms with E-state index in [9.17, 15) is 15.0 Å². The van der Waals surface area contributed by atoms with E-state index >= 15 is 0 Å². The molecule has 3 aliphatic rings. The Balaban J connectivity index is 1.25. The van der Waals surface area contributed by atoms with Crippen molar-refractivity contribution in [1.29, 1.82) is 0 Å². The fourth-order valence-electron chi connectivity index (χ4n) is 4.60. The molecule has 0 radical (unpaired) electrons. The van der Waals surface area contributed by atoms with Crippen molar-refractivity contribution in [2.24, 2.45) is 0 Å². The van der Waals surface area contributed by atoms with Gasteiger partial charge in [0.25, 0.3) is 5.91 Å². The standard InChI is InChI=1S/C24H24N4O4/c29-22-18(9-16-7-15(11-25-16)12-27-3-5-32-6-4-27)17-8-14(1-2-21(17)26-22)13-28-23(30)19-10-20(19)24(28)31/h1-2,7-9,11,25,30-31H,3-6,10,12-13H2,(H,26,29). The Labute approximate surface area is 184 Å².